The third-order valence-electron chi connectivity index (χ3n) is 5.15. The number of carbonyl (C=O) groups is 1. The fourth-order valence-corrected chi connectivity index (χ4v) is 3.81. The van der Waals surface area contributed by atoms with Crippen LogP contribution in [0.2, 0.25) is 5.02 Å². The standard InChI is InChI=1S/C25H24BrClO4/c1-16-18(15-31-25-13-23(29)19(14-28)12-22(25)27)6-3-7-20(16)21-8-4-9-24(17(21)2)30-11-5-10-26/h3-4,6-9,12-14,29H,5,10-11,15H2,1-2H3. The average Bonchev–Trinajstić information content (AvgIpc) is 2.76. The van der Waals surface area contributed by atoms with Crippen LogP contribution in [0.1, 0.15) is 33.5 Å². The van der Waals surface area contributed by atoms with E-state index in [1.54, 1.807) is 0 Å². The summed E-state index contributed by atoms with van der Waals surface area (Å²) in [5, 5.41) is 11.1. The van der Waals surface area contributed by atoms with Crippen molar-refractivity contribution in [1.29, 1.82) is 0 Å². The van der Waals surface area contributed by atoms with E-state index in [1.807, 2.05) is 24.3 Å². The lowest BCUT2D eigenvalue weighted by atomic mass is 9.93. The second-order valence-corrected chi connectivity index (χ2v) is 8.36. The first kappa shape index (κ1) is 23.2. The number of alkyl halides is 1. The average molecular weight is 504 g/mol. The van der Waals surface area contributed by atoms with E-state index in [0.29, 0.717) is 18.6 Å². The Balaban J connectivity index is 1.85. The molecule has 0 atom stereocenters. The van der Waals surface area contributed by atoms with Gasteiger partial charge in [0.1, 0.15) is 23.9 Å². The summed E-state index contributed by atoms with van der Waals surface area (Å²) in [6.45, 7) is 5.07. The third kappa shape index (κ3) is 5.41. The lowest BCUT2D eigenvalue weighted by Crippen LogP contribution is -2.02. The van der Waals surface area contributed by atoms with Crippen molar-refractivity contribution >= 4 is 33.8 Å². The minimum Gasteiger partial charge on any atom is -0.507 e. The highest BCUT2D eigenvalue weighted by atomic mass is 79.9. The first-order chi connectivity index (χ1) is 15.0. The van der Waals surface area contributed by atoms with Crippen LogP contribution in [-0.4, -0.2) is 23.3 Å². The highest BCUT2D eigenvalue weighted by molar-refractivity contribution is 9.09. The van der Waals surface area contributed by atoms with Gasteiger partial charge < -0.3 is 14.6 Å². The molecule has 0 heterocycles. The molecule has 0 aliphatic carbocycles. The van der Waals surface area contributed by atoms with Gasteiger partial charge in [-0.05, 0) is 60.2 Å². The maximum absolute atomic E-state index is 10.9. The van der Waals surface area contributed by atoms with Crippen LogP contribution in [0.3, 0.4) is 0 Å². The Hall–Kier alpha value is -2.50. The van der Waals surface area contributed by atoms with Gasteiger partial charge in [-0.15, -0.1) is 0 Å². The quantitative estimate of drug-likeness (QED) is 0.196. The summed E-state index contributed by atoms with van der Waals surface area (Å²) >= 11 is 9.62. The van der Waals surface area contributed by atoms with Crippen LogP contribution in [0.4, 0.5) is 0 Å². The number of phenolic OH excluding ortho intramolecular Hbond substituents is 1. The van der Waals surface area contributed by atoms with E-state index in [9.17, 15) is 9.90 Å². The molecule has 0 saturated carbocycles. The molecule has 3 rings (SSSR count). The zero-order valence-corrected chi connectivity index (χ0v) is 19.8. The molecule has 1 N–H and O–H groups in total. The van der Waals surface area contributed by atoms with Crippen molar-refractivity contribution in [2.24, 2.45) is 0 Å². The third-order valence-corrected chi connectivity index (χ3v) is 6.00. The molecule has 162 valence electrons. The molecule has 0 amide bonds. The zero-order chi connectivity index (χ0) is 22.4. The molecule has 0 aliphatic rings. The fraction of sp³-hybridized carbons (Fsp3) is 0.240. The highest BCUT2D eigenvalue weighted by Crippen LogP contribution is 2.35. The van der Waals surface area contributed by atoms with Crippen molar-refractivity contribution in [3.05, 3.63) is 75.8 Å². The van der Waals surface area contributed by atoms with Crippen molar-refractivity contribution in [2.75, 3.05) is 11.9 Å². The lowest BCUT2D eigenvalue weighted by molar-refractivity contribution is 0.112. The van der Waals surface area contributed by atoms with E-state index in [-0.39, 0.29) is 22.9 Å². The van der Waals surface area contributed by atoms with Gasteiger partial charge in [-0.25, -0.2) is 0 Å². The van der Waals surface area contributed by atoms with Crippen LogP contribution in [0.15, 0.2) is 48.5 Å². The van der Waals surface area contributed by atoms with Gasteiger partial charge in [-0.1, -0.05) is 57.9 Å². The summed E-state index contributed by atoms with van der Waals surface area (Å²) in [6, 6.07) is 14.9. The summed E-state index contributed by atoms with van der Waals surface area (Å²) in [4.78, 5) is 10.9. The molecular formula is C25H24BrClO4. The van der Waals surface area contributed by atoms with E-state index in [1.165, 1.54) is 12.1 Å². The van der Waals surface area contributed by atoms with Gasteiger partial charge in [0.2, 0.25) is 0 Å². The summed E-state index contributed by atoms with van der Waals surface area (Å²) in [5.74, 6) is 1.05. The second kappa shape index (κ2) is 10.7. The predicted octanol–water partition coefficient (Wildman–Crippen LogP) is 6.88. The van der Waals surface area contributed by atoms with Crippen LogP contribution in [0.25, 0.3) is 11.1 Å². The molecule has 0 radical (unpaired) electrons. The molecule has 0 saturated heterocycles. The number of hydrogen-bond donors (Lipinski definition) is 1. The largest absolute Gasteiger partial charge is 0.507 e. The van der Waals surface area contributed by atoms with E-state index in [2.05, 4.69) is 41.9 Å². The van der Waals surface area contributed by atoms with Crippen molar-refractivity contribution in [3.8, 4) is 28.4 Å². The van der Waals surface area contributed by atoms with Crippen LogP contribution in [0, 0.1) is 13.8 Å². The van der Waals surface area contributed by atoms with Crippen molar-refractivity contribution in [3.63, 3.8) is 0 Å². The Morgan fingerprint density at radius 1 is 1.00 bits per heavy atom. The van der Waals surface area contributed by atoms with Gasteiger partial charge in [0, 0.05) is 11.4 Å². The predicted molar refractivity (Wildman–Crippen MR) is 128 cm³/mol. The molecule has 0 fully saturated rings. The molecule has 0 aliphatic heterocycles. The van der Waals surface area contributed by atoms with E-state index < -0.39 is 0 Å². The van der Waals surface area contributed by atoms with Crippen molar-refractivity contribution in [1.82, 2.24) is 0 Å². The molecule has 0 unspecified atom stereocenters. The number of benzene rings is 3. The zero-order valence-electron chi connectivity index (χ0n) is 17.5. The van der Waals surface area contributed by atoms with Gasteiger partial charge in [0.15, 0.2) is 6.29 Å². The minimum atomic E-state index is -0.160. The van der Waals surface area contributed by atoms with Crippen LogP contribution in [-0.2, 0) is 6.61 Å². The van der Waals surface area contributed by atoms with Gasteiger partial charge in [-0.2, -0.15) is 0 Å². The number of ether oxygens (including phenoxy) is 2. The summed E-state index contributed by atoms with van der Waals surface area (Å²) in [6.07, 6.45) is 1.50. The molecule has 0 spiro atoms. The Morgan fingerprint density at radius 2 is 1.71 bits per heavy atom. The fourth-order valence-electron chi connectivity index (χ4n) is 3.35. The second-order valence-electron chi connectivity index (χ2n) is 7.16. The maximum atomic E-state index is 10.9. The van der Waals surface area contributed by atoms with Gasteiger partial charge in [0.25, 0.3) is 0 Å². The van der Waals surface area contributed by atoms with Gasteiger partial charge >= 0.3 is 0 Å². The summed E-state index contributed by atoms with van der Waals surface area (Å²) in [5.41, 5.74) is 5.53. The number of rotatable bonds is 9. The summed E-state index contributed by atoms with van der Waals surface area (Å²) in [7, 11) is 0. The normalized spacial score (nSPS) is 10.7. The number of halogens is 2. The molecule has 6 heteroatoms. The van der Waals surface area contributed by atoms with Crippen LogP contribution in [0.5, 0.6) is 17.2 Å². The maximum Gasteiger partial charge on any atom is 0.153 e. The SMILES string of the molecule is Cc1c(COc2cc(O)c(C=O)cc2Cl)cccc1-c1cccc(OCCCBr)c1C. The number of phenols is 1. The Kier molecular flexibility index (Phi) is 7.99. The Bertz CT molecular complexity index is 1080. The molecule has 4 nitrogen and oxygen atoms in total. The number of aromatic hydroxyl groups is 1. The monoisotopic (exact) mass is 502 g/mol. The lowest BCUT2D eigenvalue weighted by Gasteiger charge is -2.17. The van der Waals surface area contributed by atoms with E-state index >= 15 is 0 Å². The topological polar surface area (TPSA) is 55.8 Å². The van der Waals surface area contributed by atoms with E-state index in [4.69, 9.17) is 21.1 Å². The molecule has 3 aromatic carbocycles. The van der Waals surface area contributed by atoms with Crippen LogP contribution < -0.4 is 9.47 Å². The number of aldehydes is 1. The van der Waals surface area contributed by atoms with Gasteiger partial charge in [-0.3, -0.25) is 4.79 Å². The van der Waals surface area contributed by atoms with Crippen LogP contribution >= 0.6 is 27.5 Å². The number of carbonyl (C=O) groups excluding carboxylic acids is 1. The first-order valence-electron chi connectivity index (χ1n) is 9.94. The van der Waals surface area contributed by atoms with Crippen molar-refractivity contribution < 1.29 is 19.4 Å². The minimum absolute atomic E-state index is 0.129. The smallest absolute Gasteiger partial charge is 0.153 e. The highest BCUT2D eigenvalue weighted by Gasteiger charge is 2.13. The Morgan fingerprint density at radius 3 is 2.42 bits per heavy atom. The van der Waals surface area contributed by atoms with E-state index in [0.717, 1.165) is 45.3 Å². The molecular weight excluding hydrogens is 480 g/mol. The molecule has 0 bridgehead atoms. The summed E-state index contributed by atoms with van der Waals surface area (Å²) < 4.78 is 11.8. The van der Waals surface area contributed by atoms with Crippen molar-refractivity contribution in [2.45, 2.75) is 26.9 Å². The molecule has 0 aromatic heterocycles. The van der Waals surface area contributed by atoms with Gasteiger partial charge in [0.05, 0.1) is 17.2 Å². The Labute approximate surface area is 195 Å². The first-order valence-corrected chi connectivity index (χ1v) is 11.4. The number of hydrogen-bond acceptors (Lipinski definition) is 4. The molecule has 3 aromatic rings. The molecule has 31 heavy (non-hydrogen) atoms.